The molecule has 5 nitrogen and oxygen atoms in total. The van der Waals surface area contributed by atoms with E-state index in [-0.39, 0.29) is 28.8 Å². The number of carbonyl (C=O) groups is 2. The Bertz CT molecular complexity index is 978. The van der Waals surface area contributed by atoms with Gasteiger partial charge in [-0.05, 0) is 24.3 Å². The van der Waals surface area contributed by atoms with Gasteiger partial charge in [0.1, 0.15) is 11.6 Å². The van der Waals surface area contributed by atoms with Gasteiger partial charge in [0.25, 0.3) is 0 Å². The quantitative estimate of drug-likeness (QED) is 0.512. The summed E-state index contributed by atoms with van der Waals surface area (Å²) in [5.41, 5.74) is -1.22. The van der Waals surface area contributed by atoms with Crippen molar-refractivity contribution < 1.29 is 31.5 Å². The molecule has 172 valence electrons. The summed E-state index contributed by atoms with van der Waals surface area (Å²) in [6.45, 7) is 1.30. The number of anilines is 1. The lowest BCUT2D eigenvalue weighted by molar-refractivity contribution is -0.137. The Morgan fingerprint density at radius 2 is 1.69 bits per heavy atom. The first-order valence-electron chi connectivity index (χ1n) is 9.67. The summed E-state index contributed by atoms with van der Waals surface area (Å²) in [4.78, 5) is 28.1. The Morgan fingerprint density at radius 3 is 2.34 bits per heavy atom. The summed E-state index contributed by atoms with van der Waals surface area (Å²) in [5, 5.41) is 2.30. The number of thioether (sulfide) groups is 1. The van der Waals surface area contributed by atoms with Crippen molar-refractivity contribution >= 4 is 29.3 Å². The maximum Gasteiger partial charge on any atom is 0.418 e. The molecule has 11 heteroatoms. The third-order valence-electron chi connectivity index (χ3n) is 4.84. The van der Waals surface area contributed by atoms with Crippen LogP contribution >= 0.6 is 11.8 Å². The van der Waals surface area contributed by atoms with Crippen LogP contribution in [-0.4, -0.2) is 60.1 Å². The van der Waals surface area contributed by atoms with Gasteiger partial charge in [-0.2, -0.15) is 13.2 Å². The number of hydrogen-bond donors (Lipinski definition) is 1. The molecule has 0 spiro atoms. The number of nitrogens with one attached hydrogen (secondary N) is 1. The molecule has 0 unspecified atom stereocenters. The zero-order valence-electron chi connectivity index (χ0n) is 16.8. The van der Waals surface area contributed by atoms with Gasteiger partial charge in [-0.3, -0.25) is 14.5 Å². The molecule has 0 radical (unpaired) electrons. The van der Waals surface area contributed by atoms with E-state index in [4.69, 9.17) is 0 Å². The summed E-state index contributed by atoms with van der Waals surface area (Å²) in [6, 6.07) is 7.89. The zero-order chi connectivity index (χ0) is 23.3. The average Bonchev–Trinajstić information content (AvgIpc) is 2.73. The highest BCUT2D eigenvalue weighted by atomic mass is 32.2. The highest BCUT2D eigenvalue weighted by molar-refractivity contribution is 8.00. The molecular formula is C21H20F5N3O2S. The number of rotatable bonds is 6. The number of piperazine rings is 1. The molecule has 1 heterocycles. The van der Waals surface area contributed by atoms with E-state index in [0.717, 1.165) is 30.0 Å². The molecule has 1 aliphatic rings. The Kier molecular flexibility index (Phi) is 7.73. The molecule has 2 aromatic rings. The van der Waals surface area contributed by atoms with Crippen LogP contribution in [0, 0.1) is 11.6 Å². The van der Waals surface area contributed by atoms with Gasteiger partial charge in [0.2, 0.25) is 11.8 Å². The fraction of sp³-hybridized carbons (Fsp3) is 0.333. The topological polar surface area (TPSA) is 52.7 Å². The normalized spacial score (nSPS) is 15.0. The summed E-state index contributed by atoms with van der Waals surface area (Å²) in [7, 11) is 0. The van der Waals surface area contributed by atoms with Crippen LogP contribution in [0.3, 0.4) is 0 Å². The van der Waals surface area contributed by atoms with Crippen molar-refractivity contribution in [3.05, 3.63) is 59.7 Å². The molecular weight excluding hydrogens is 453 g/mol. The van der Waals surface area contributed by atoms with Gasteiger partial charge in [0, 0.05) is 37.1 Å². The van der Waals surface area contributed by atoms with Crippen molar-refractivity contribution in [2.45, 2.75) is 11.1 Å². The molecule has 0 saturated carbocycles. The Morgan fingerprint density at radius 1 is 1.00 bits per heavy atom. The van der Waals surface area contributed by atoms with Gasteiger partial charge >= 0.3 is 6.18 Å². The lowest BCUT2D eigenvalue weighted by atomic mass is 10.1. The van der Waals surface area contributed by atoms with E-state index in [1.54, 1.807) is 9.80 Å². The molecule has 0 aromatic heterocycles. The fourth-order valence-corrected chi connectivity index (χ4v) is 4.03. The molecule has 2 aromatic carbocycles. The molecule has 0 bridgehead atoms. The van der Waals surface area contributed by atoms with E-state index in [9.17, 15) is 31.5 Å². The van der Waals surface area contributed by atoms with Crippen molar-refractivity contribution in [1.82, 2.24) is 9.80 Å². The monoisotopic (exact) mass is 473 g/mol. The molecule has 32 heavy (non-hydrogen) atoms. The lowest BCUT2D eigenvalue weighted by Crippen LogP contribution is -2.50. The van der Waals surface area contributed by atoms with Gasteiger partial charge in [0.05, 0.1) is 23.5 Å². The van der Waals surface area contributed by atoms with Crippen LogP contribution < -0.4 is 5.32 Å². The SMILES string of the molecule is O=C(CN1CCN(C(=O)CSc2ccc(F)cc2F)CC1)Nc1ccccc1C(F)(F)F. The van der Waals surface area contributed by atoms with E-state index in [0.29, 0.717) is 26.2 Å². The van der Waals surface area contributed by atoms with Crippen LogP contribution in [0.15, 0.2) is 47.4 Å². The van der Waals surface area contributed by atoms with E-state index >= 15 is 0 Å². The van der Waals surface area contributed by atoms with Crippen LogP contribution in [-0.2, 0) is 15.8 Å². The third kappa shape index (κ3) is 6.42. The number of para-hydroxylation sites is 1. The largest absolute Gasteiger partial charge is 0.418 e. The van der Waals surface area contributed by atoms with Gasteiger partial charge < -0.3 is 10.2 Å². The first-order chi connectivity index (χ1) is 15.1. The molecule has 3 rings (SSSR count). The lowest BCUT2D eigenvalue weighted by Gasteiger charge is -2.34. The van der Waals surface area contributed by atoms with E-state index in [1.807, 2.05) is 0 Å². The minimum Gasteiger partial charge on any atom is -0.339 e. The molecule has 1 saturated heterocycles. The average molecular weight is 473 g/mol. The number of alkyl halides is 3. The van der Waals surface area contributed by atoms with Gasteiger partial charge in [0.15, 0.2) is 0 Å². The Balaban J connectivity index is 1.45. The van der Waals surface area contributed by atoms with Crippen LogP contribution in [0.5, 0.6) is 0 Å². The minimum absolute atomic E-state index is 0.0166. The number of carbonyl (C=O) groups excluding carboxylic acids is 2. The molecule has 0 atom stereocenters. The zero-order valence-corrected chi connectivity index (χ0v) is 17.6. The second kappa shape index (κ2) is 10.3. The molecule has 1 aliphatic heterocycles. The van der Waals surface area contributed by atoms with Crippen molar-refractivity contribution in [1.29, 1.82) is 0 Å². The van der Waals surface area contributed by atoms with Crippen molar-refractivity contribution in [2.75, 3.05) is 43.8 Å². The van der Waals surface area contributed by atoms with Gasteiger partial charge in [-0.25, -0.2) is 8.78 Å². The number of amides is 2. The van der Waals surface area contributed by atoms with Crippen LogP contribution in [0.1, 0.15) is 5.56 Å². The molecule has 1 N–H and O–H groups in total. The minimum atomic E-state index is -4.58. The molecule has 1 fully saturated rings. The van der Waals surface area contributed by atoms with Crippen molar-refractivity contribution in [2.24, 2.45) is 0 Å². The smallest absolute Gasteiger partial charge is 0.339 e. The fourth-order valence-electron chi connectivity index (χ4n) is 3.21. The second-order valence-corrected chi connectivity index (χ2v) is 8.13. The summed E-state index contributed by atoms with van der Waals surface area (Å²) in [5.74, 6) is -2.24. The summed E-state index contributed by atoms with van der Waals surface area (Å²) < 4.78 is 65.8. The Hall–Kier alpha value is -2.66. The van der Waals surface area contributed by atoms with E-state index in [2.05, 4.69) is 5.32 Å². The molecule has 2 amide bonds. The van der Waals surface area contributed by atoms with Crippen LogP contribution in [0.25, 0.3) is 0 Å². The van der Waals surface area contributed by atoms with Crippen LogP contribution in [0.2, 0.25) is 0 Å². The number of benzene rings is 2. The third-order valence-corrected chi connectivity index (χ3v) is 5.88. The molecule has 0 aliphatic carbocycles. The van der Waals surface area contributed by atoms with E-state index < -0.39 is 29.3 Å². The number of nitrogens with zero attached hydrogens (tertiary/aromatic N) is 2. The number of halogens is 5. The number of hydrogen-bond acceptors (Lipinski definition) is 4. The van der Waals surface area contributed by atoms with E-state index in [1.165, 1.54) is 24.3 Å². The first kappa shape index (κ1) is 24.0. The van der Waals surface area contributed by atoms with Gasteiger partial charge in [-0.15, -0.1) is 11.8 Å². The Labute approximate surface area is 185 Å². The highest BCUT2D eigenvalue weighted by Gasteiger charge is 2.33. The second-order valence-electron chi connectivity index (χ2n) is 7.11. The summed E-state index contributed by atoms with van der Waals surface area (Å²) >= 11 is 0.971. The first-order valence-corrected chi connectivity index (χ1v) is 10.7. The summed E-state index contributed by atoms with van der Waals surface area (Å²) in [6.07, 6.45) is -4.58. The maximum absolute atomic E-state index is 13.7. The predicted molar refractivity (Wildman–Crippen MR) is 110 cm³/mol. The maximum atomic E-state index is 13.7. The van der Waals surface area contributed by atoms with Crippen LogP contribution in [0.4, 0.5) is 27.6 Å². The van der Waals surface area contributed by atoms with Crippen molar-refractivity contribution in [3.63, 3.8) is 0 Å². The standard InChI is InChI=1S/C21H20F5N3O2S/c22-14-5-6-18(16(23)11-14)32-13-20(31)29-9-7-28(8-10-29)12-19(30)27-17-4-2-1-3-15(17)21(24,25)26/h1-6,11H,7-10,12-13H2,(H,27,30). The predicted octanol–water partition coefficient (Wildman–Crippen LogP) is 3.86. The highest BCUT2D eigenvalue weighted by Crippen LogP contribution is 2.34. The van der Waals surface area contributed by atoms with Crippen molar-refractivity contribution in [3.8, 4) is 0 Å². The van der Waals surface area contributed by atoms with Gasteiger partial charge in [-0.1, -0.05) is 12.1 Å².